The lowest BCUT2D eigenvalue weighted by Crippen LogP contribution is -2.48. The fourth-order valence-electron chi connectivity index (χ4n) is 4.51. The zero-order valence-electron chi connectivity index (χ0n) is 16.8. The molecule has 2 aliphatic rings. The molecular formula is C21H24F2N4O2. The summed E-state index contributed by atoms with van der Waals surface area (Å²) in [5.74, 6) is -2.11. The molecule has 29 heavy (non-hydrogen) atoms. The van der Waals surface area contributed by atoms with Crippen molar-refractivity contribution in [3.8, 4) is 5.75 Å². The second-order valence-corrected chi connectivity index (χ2v) is 7.99. The number of halogens is 2. The molecule has 2 aromatic rings. The van der Waals surface area contributed by atoms with Gasteiger partial charge in [-0.05, 0) is 43.4 Å². The van der Waals surface area contributed by atoms with E-state index in [9.17, 15) is 13.6 Å². The first-order chi connectivity index (χ1) is 13.9. The van der Waals surface area contributed by atoms with E-state index in [4.69, 9.17) is 9.72 Å². The van der Waals surface area contributed by atoms with Crippen LogP contribution in [0.25, 0.3) is 0 Å². The third kappa shape index (κ3) is 3.20. The molecule has 1 amide bonds. The molecular weight excluding hydrogens is 378 g/mol. The first-order valence-electron chi connectivity index (χ1n) is 9.71. The molecule has 1 fully saturated rings. The fourth-order valence-corrected chi connectivity index (χ4v) is 4.51. The quantitative estimate of drug-likeness (QED) is 0.790. The van der Waals surface area contributed by atoms with Crippen LogP contribution in [-0.2, 0) is 11.8 Å². The number of fused-ring (bicyclic) bond motifs is 2. The zero-order chi connectivity index (χ0) is 20.8. The maximum absolute atomic E-state index is 14.5. The van der Waals surface area contributed by atoms with E-state index in [1.165, 1.54) is 13.2 Å². The predicted molar refractivity (Wildman–Crippen MR) is 104 cm³/mol. The van der Waals surface area contributed by atoms with Gasteiger partial charge in [-0.1, -0.05) is 0 Å². The highest BCUT2D eigenvalue weighted by molar-refractivity contribution is 5.97. The lowest BCUT2D eigenvalue weighted by molar-refractivity contribution is 0.0624. The third-order valence-corrected chi connectivity index (χ3v) is 5.98. The molecule has 1 atom stereocenters. The Morgan fingerprint density at radius 3 is 2.79 bits per heavy atom. The van der Waals surface area contributed by atoms with Crippen molar-refractivity contribution in [2.24, 2.45) is 0 Å². The van der Waals surface area contributed by atoms with Gasteiger partial charge in [0.25, 0.3) is 5.91 Å². The molecule has 6 nitrogen and oxygen atoms in total. The van der Waals surface area contributed by atoms with Crippen LogP contribution >= 0.6 is 0 Å². The van der Waals surface area contributed by atoms with E-state index in [0.29, 0.717) is 19.0 Å². The van der Waals surface area contributed by atoms with Crippen LogP contribution in [0.3, 0.4) is 0 Å². The number of carbonyl (C=O) groups is 1. The summed E-state index contributed by atoms with van der Waals surface area (Å²) in [4.78, 5) is 25.8. The first-order valence-corrected chi connectivity index (χ1v) is 9.71. The molecule has 4 rings (SSSR count). The van der Waals surface area contributed by atoms with Crippen molar-refractivity contribution < 1.29 is 18.3 Å². The number of hydrogen-bond acceptors (Lipinski definition) is 5. The molecule has 154 valence electrons. The minimum absolute atomic E-state index is 0.0394. The summed E-state index contributed by atoms with van der Waals surface area (Å²) in [5.41, 5.74) is 1.44. The van der Waals surface area contributed by atoms with E-state index >= 15 is 0 Å². The van der Waals surface area contributed by atoms with Crippen molar-refractivity contribution in [3.63, 3.8) is 0 Å². The van der Waals surface area contributed by atoms with Gasteiger partial charge in [0.1, 0.15) is 11.3 Å². The molecule has 1 aromatic heterocycles. The minimum atomic E-state index is -1.17. The van der Waals surface area contributed by atoms with Gasteiger partial charge in [0.05, 0.1) is 12.8 Å². The van der Waals surface area contributed by atoms with Gasteiger partial charge < -0.3 is 14.5 Å². The van der Waals surface area contributed by atoms with Crippen molar-refractivity contribution in [2.45, 2.75) is 31.1 Å². The first kappa shape index (κ1) is 19.5. The van der Waals surface area contributed by atoms with E-state index in [2.05, 4.69) is 4.98 Å². The number of likely N-dealkylation sites (tertiary alicyclic amines) is 1. The highest BCUT2D eigenvalue weighted by Gasteiger charge is 2.45. The normalized spacial score (nSPS) is 20.7. The molecule has 1 aliphatic heterocycles. The Hall–Kier alpha value is -2.77. The lowest BCUT2D eigenvalue weighted by atomic mass is 9.77. The third-order valence-electron chi connectivity index (χ3n) is 5.98. The van der Waals surface area contributed by atoms with E-state index in [1.807, 2.05) is 25.2 Å². The number of ether oxygens (including phenoxy) is 1. The predicted octanol–water partition coefficient (Wildman–Crippen LogP) is 2.95. The molecule has 0 bridgehead atoms. The standard InChI is InChI=1S/C21H24F2N4O2/c1-26(2)20-24-11-13-7-9-21(18(13)25-20)8-4-10-27(12-21)19(28)16-15(29-3)6-5-14(22)17(16)23/h5-6,11H,4,7-10,12H2,1-3H3. The molecule has 1 aromatic carbocycles. The molecule has 1 unspecified atom stereocenters. The van der Waals surface area contributed by atoms with Gasteiger partial charge in [0.15, 0.2) is 11.6 Å². The molecule has 8 heteroatoms. The number of amides is 1. The number of hydrogen-bond donors (Lipinski definition) is 0. The molecule has 0 saturated carbocycles. The van der Waals surface area contributed by atoms with Crippen LogP contribution in [0.4, 0.5) is 14.7 Å². The summed E-state index contributed by atoms with van der Waals surface area (Å²) in [6.07, 6.45) is 5.24. The topological polar surface area (TPSA) is 58.6 Å². The Bertz CT molecular complexity index is 962. The summed E-state index contributed by atoms with van der Waals surface area (Å²) < 4.78 is 33.4. The van der Waals surface area contributed by atoms with E-state index in [1.54, 1.807) is 4.90 Å². The number of nitrogens with zero attached hydrogens (tertiary/aromatic N) is 4. The number of methoxy groups -OCH3 is 1. The van der Waals surface area contributed by atoms with Gasteiger partial charge in [0, 0.05) is 38.8 Å². The number of benzene rings is 1. The van der Waals surface area contributed by atoms with Gasteiger partial charge in [-0.15, -0.1) is 0 Å². The van der Waals surface area contributed by atoms with Crippen molar-refractivity contribution in [2.75, 3.05) is 39.2 Å². The van der Waals surface area contributed by atoms with Crippen molar-refractivity contribution >= 4 is 11.9 Å². The maximum atomic E-state index is 14.5. The van der Waals surface area contributed by atoms with Crippen molar-refractivity contribution in [1.29, 1.82) is 0 Å². The molecule has 0 radical (unpaired) electrons. The average molecular weight is 402 g/mol. The fraction of sp³-hybridized carbons (Fsp3) is 0.476. The number of aromatic nitrogens is 2. The monoisotopic (exact) mass is 402 g/mol. The van der Waals surface area contributed by atoms with Gasteiger partial charge >= 0.3 is 0 Å². The van der Waals surface area contributed by atoms with Gasteiger partial charge in [0.2, 0.25) is 5.95 Å². The highest BCUT2D eigenvalue weighted by Crippen LogP contribution is 2.44. The van der Waals surface area contributed by atoms with Crippen LogP contribution in [0.15, 0.2) is 18.3 Å². The second kappa shape index (κ2) is 7.24. The summed E-state index contributed by atoms with van der Waals surface area (Å²) in [7, 11) is 5.12. The molecule has 1 spiro atoms. The largest absolute Gasteiger partial charge is 0.496 e. The number of aryl methyl sites for hydroxylation is 1. The molecule has 1 saturated heterocycles. The average Bonchev–Trinajstić information content (AvgIpc) is 3.06. The van der Waals surface area contributed by atoms with E-state index in [0.717, 1.165) is 43.0 Å². The summed E-state index contributed by atoms with van der Waals surface area (Å²) in [5, 5.41) is 0. The number of carbonyl (C=O) groups excluding carboxylic acids is 1. The zero-order valence-corrected chi connectivity index (χ0v) is 16.8. The summed E-state index contributed by atoms with van der Waals surface area (Å²) >= 11 is 0. The Kier molecular flexibility index (Phi) is 4.88. The van der Waals surface area contributed by atoms with Crippen LogP contribution in [0.1, 0.15) is 40.9 Å². The molecule has 1 aliphatic carbocycles. The van der Waals surface area contributed by atoms with E-state index < -0.39 is 17.5 Å². The van der Waals surface area contributed by atoms with Crippen molar-refractivity contribution in [1.82, 2.24) is 14.9 Å². The molecule has 0 N–H and O–H groups in total. The SMILES string of the molecule is COc1ccc(F)c(F)c1C(=O)N1CCCC2(CCc3cnc(N(C)C)nc32)C1. The number of rotatable bonds is 3. The Morgan fingerprint density at radius 1 is 1.28 bits per heavy atom. The Morgan fingerprint density at radius 2 is 2.07 bits per heavy atom. The van der Waals surface area contributed by atoms with Crippen molar-refractivity contribution in [3.05, 3.63) is 46.8 Å². The van der Waals surface area contributed by atoms with Gasteiger partial charge in [-0.25, -0.2) is 18.7 Å². The van der Waals surface area contributed by atoms with Gasteiger partial charge in [-0.3, -0.25) is 4.79 Å². The van der Waals surface area contributed by atoms with E-state index in [-0.39, 0.29) is 16.7 Å². The smallest absolute Gasteiger partial charge is 0.260 e. The number of anilines is 1. The van der Waals surface area contributed by atoms with Crippen LogP contribution in [0.2, 0.25) is 0 Å². The van der Waals surface area contributed by atoms with Crippen LogP contribution in [0.5, 0.6) is 5.75 Å². The number of piperidine rings is 1. The maximum Gasteiger partial charge on any atom is 0.260 e. The minimum Gasteiger partial charge on any atom is -0.496 e. The van der Waals surface area contributed by atoms with Gasteiger partial charge in [-0.2, -0.15) is 0 Å². The molecule has 2 heterocycles. The van der Waals surface area contributed by atoms with Crippen LogP contribution in [-0.4, -0.2) is 55.1 Å². The Balaban J connectivity index is 1.69. The van der Waals surface area contributed by atoms with Crippen LogP contribution < -0.4 is 9.64 Å². The summed E-state index contributed by atoms with van der Waals surface area (Å²) in [6.45, 7) is 0.905. The van der Waals surface area contributed by atoms with Crippen LogP contribution in [0, 0.1) is 11.6 Å². The lowest BCUT2D eigenvalue weighted by Gasteiger charge is -2.40. The summed E-state index contributed by atoms with van der Waals surface area (Å²) in [6, 6.07) is 2.25. The Labute approximate surface area is 168 Å². The highest BCUT2D eigenvalue weighted by atomic mass is 19.2. The second-order valence-electron chi connectivity index (χ2n) is 7.99.